The first-order valence-electron chi connectivity index (χ1n) is 5.34. The molecule has 1 aliphatic heterocycles. The van der Waals surface area contributed by atoms with Crippen molar-refractivity contribution in [3.05, 3.63) is 0 Å². The van der Waals surface area contributed by atoms with Gasteiger partial charge in [-0.3, -0.25) is 4.79 Å². The number of likely N-dealkylation sites (tertiary alicyclic amines) is 1. The Labute approximate surface area is 95.2 Å². The quantitative estimate of drug-likeness (QED) is 0.721. The minimum atomic E-state index is -1.90. The standard InChI is InChI=1S/C11H18FN3O/c1-10(2,3)8(14)9(16)15-5-4-11(12,6-13)7-15/h8H,4-5,7,14H2,1-3H3/t8-,11?/m0/s1. The summed E-state index contributed by atoms with van der Waals surface area (Å²) in [5.41, 5.74) is 3.56. The van der Waals surface area contributed by atoms with Gasteiger partial charge in [0.25, 0.3) is 0 Å². The first-order chi connectivity index (χ1) is 7.19. The lowest BCUT2D eigenvalue weighted by atomic mass is 9.86. The predicted molar refractivity (Wildman–Crippen MR) is 58.1 cm³/mol. The Bertz CT molecular complexity index is 331. The van der Waals surface area contributed by atoms with Crippen LogP contribution >= 0.6 is 0 Å². The normalized spacial score (nSPS) is 27.6. The number of nitrogens with zero attached hydrogens (tertiary/aromatic N) is 2. The number of hydrogen-bond donors (Lipinski definition) is 1. The van der Waals surface area contributed by atoms with Crippen LogP contribution in [-0.2, 0) is 4.79 Å². The molecule has 1 rings (SSSR count). The number of alkyl halides is 1. The fourth-order valence-corrected chi connectivity index (χ4v) is 1.62. The van der Waals surface area contributed by atoms with Crippen molar-refractivity contribution >= 4 is 5.91 Å². The third-order valence-electron chi connectivity index (χ3n) is 2.93. The van der Waals surface area contributed by atoms with Crippen molar-refractivity contribution in [2.24, 2.45) is 11.1 Å². The van der Waals surface area contributed by atoms with E-state index in [1.165, 1.54) is 4.90 Å². The van der Waals surface area contributed by atoms with Crippen LogP contribution in [0.2, 0.25) is 0 Å². The molecule has 2 atom stereocenters. The van der Waals surface area contributed by atoms with Gasteiger partial charge >= 0.3 is 0 Å². The zero-order chi connectivity index (χ0) is 12.6. The van der Waals surface area contributed by atoms with Crippen molar-refractivity contribution in [1.82, 2.24) is 4.90 Å². The molecule has 0 aromatic heterocycles. The van der Waals surface area contributed by atoms with Crippen LogP contribution in [0.4, 0.5) is 4.39 Å². The number of halogens is 1. The van der Waals surface area contributed by atoms with Crippen LogP contribution in [0.5, 0.6) is 0 Å². The zero-order valence-electron chi connectivity index (χ0n) is 9.96. The Morgan fingerprint density at radius 1 is 1.62 bits per heavy atom. The number of carbonyl (C=O) groups is 1. The SMILES string of the molecule is CC(C)(C)[C@@H](N)C(=O)N1CCC(F)(C#N)C1. The van der Waals surface area contributed by atoms with Gasteiger partial charge in [0.1, 0.15) is 6.07 Å². The van der Waals surface area contributed by atoms with Crippen molar-refractivity contribution in [1.29, 1.82) is 5.26 Å². The molecule has 1 amide bonds. The number of carbonyl (C=O) groups excluding carboxylic acids is 1. The summed E-state index contributed by atoms with van der Waals surface area (Å²) in [4.78, 5) is 13.3. The number of nitrogens with two attached hydrogens (primary N) is 1. The van der Waals surface area contributed by atoms with Gasteiger partial charge in [0.05, 0.1) is 12.6 Å². The summed E-state index contributed by atoms with van der Waals surface area (Å²) in [6, 6.07) is 0.943. The first-order valence-corrected chi connectivity index (χ1v) is 5.34. The molecular formula is C11H18FN3O. The lowest BCUT2D eigenvalue weighted by molar-refractivity contribution is -0.134. The topological polar surface area (TPSA) is 70.1 Å². The van der Waals surface area contributed by atoms with E-state index < -0.39 is 11.7 Å². The van der Waals surface area contributed by atoms with Gasteiger partial charge in [0, 0.05) is 13.0 Å². The van der Waals surface area contributed by atoms with Crippen LogP contribution in [0.3, 0.4) is 0 Å². The second-order valence-corrected chi connectivity index (χ2v) is 5.43. The molecule has 0 bridgehead atoms. The number of rotatable bonds is 1. The van der Waals surface area contributed by atoms with Crippen molar-refractivity contribution in [3.8, 4) is 6.07 Å². The highest BCUT2D eigenvalue weighted by Crippen LogP contribution is 2.27. The molecule has 90 valence electrons. The molecule has 0 aromatic carbocycles. The molecule has 1 heterocycles. The van der Waals surface area contributed by atoms with E-state index in [-0.39, 0.29) is 30.8 Å². The molecule has 16 heavy (non-hydrogen) atoms. The lowest BCUT2D eigenvalue weighted by Gasteiger charge is -2.29. The Kier molecular flexibility index (Phi) is 3.25. The molecule has 4 nitrogen and oxygen atoms in total. The molecular weight excluding hydrogens is 209 g/mol. The van der Waals surface area contributed by atoms with Gasteiger partial charge in [-0.1, -0.05) is 20.8 Å². The van der Waals surface area contributed by atoms with E-state index in [1.807, 2.05) is 20.8 Å². The molecule has 1 fully saturated rings. The highest BCUT2D eigenvalue weighted by atomic mass is 19.1. The van der Waals surface area contributed by atoms with E-state index in [1.54, 1.807) is 6.07 Å². The summed E-state index contributed by atoms with van der Waals surface area (Å²) in [6.07, 6.45) is 0.0755. The van der Waals surface area contributed by atoms with E-state index in [0.29, 0.717) is 0 Å². The Balaban J connectivity index is 2.69. The summed E-state index contributed by atoms with van der Waals surface area (Å²) >= 11 is 0. The molecule has 0 saturated carbocycles. The molecule has 0 spiro atoms. The highest BCUT2D eigenvalue weighted by Gasteiger charge is 2.43. The number of hydrogen-bond acceptors (Lipinski definition) is 3. The fourth-order valence-electron chi connectivity index (χ4n) is 1.62. The van der Waals surface area contributed by atoms with Crippen molar-refractivity contribution in [2.45, 2.75) is 38.9 Å². The van der Waals surface area contributed by atoms with Gasteiger partial charge in [-0.05, 0) is 5.41 Å². The predicted octanol–water partition coefficient (Wildman–Crippen LogP) is 0.824. The maximum Gasteiger partial charge on any atom is 0.240 e. The van der Waals surface area contributed by atoms with Gasteiger partial charge in [0.2, 0.25) is 11.6 Å². The third-order valence-corrected chi connectivity index (χ3v) is 2.93. The smallest absolute Gasteiger partial charge is 0.240 e. The Hall–Kier alpha value is -1.15. The molecule has 1 aliphatic rings. The average Bonchev–Trinajstić information content (AvgIpc) is 2.58. The summed E-state index contributed by atoms with van der Waals surface area (Å²) in [5.74, 6) is -0.276. The van der Waals surface area contributed by atoms with E-state index >= 15 is 0 Å². The highest BCUT2D eigenvalue weighted by molar-refractivity contribution is 5.83. The monoisotopic (exact) mass is 227 g/mol. The van der Waals surface area contributed by atoms with Crippen molar-refractivity contribution in [3.63, 3.8) is 0 Å². The van der Waals surface area contributed by atoms with Crippen LogP contribution in [0.15, 0.2) is 0 Å². The van der Waals surface area contributed by atoms with E-state index in [4.69, 9.17) is 11.0 Å². The molecule has 0 aliphatic carbocycles. The first kappa shape index (κ1) is 12.9. The maximum atomic E-state index is 13.6. The summed E-state index contributed by atoms with van der Waals surface area (Å²) in [7, 11) is 0. The Morgan fingerprint density at radius 3 is 2.56 bits per heavy atom. The third kappa shape index (κ3) is 2.50. The summed E-state index contributed by atoms with van der Waals surface area (Å²) in [5, 5.41) is 8.63. The van der Waals surface area contributed by atoms with Gasteiger partial charge in [-0.25, -0.2) is 4.39 Å². The van der Waals surface area contributed by atoms with E-state index in [0.717, 1.165) is 0 Å². The largest absolute Gasteiger partial charge is 0.337 e. The summed E-state index contributed by atoms with van der Waals surface area (Å²) in [6.45, 7) is 5.69. The van der Waals surface area contributed by atoms with E-state index in [9.17, 15) is 9.18 Å². The van der Waals surface area contributed by atoms with Gasteiger partial charge in [-0.2, -0.15) is 5.26 Å². The Morgan fingerprint density at radius 2 is 2.19 bits per heavy atom. The zero-order valence-corrected chi connectivity index (χ0v) is 9.96. The molecule has 1 saturated heterocycles. The lowest BCUT2D eigenvalue weighted by Crippen LogP contribution is -2.50. The summed E-state index contributed by atoms with van der Waals surface area (Å²) < 4.78 is 13.6. The molecule has 1 unspecified atom stereocenters. The van der Waals surface area contributed by atoms with Crippen LogP contribution in [0, 0.1) is 16.7 Å². The van der Waals surface area contributed by atoms with Crippen molar-refractivity contribution in [2.75, 3.05) is 13.1 Å². The fraction of sp³-hybridized carbons (Fsp3) is 0.818. The average molecular weight is 227 g/mol. The van der Waals surface area contributed by atoms with Gasteiger partial charge in [0.15, 0.2) is 0 Å². The minimum Gasteiger partial charge on any atom is -0.337 e. The molecule has 0 aromatic rings. The molecule has 2 N–H and O–H groups in total. The molecule has 0 radical (unpaired) electrons. The van der Waals surface area contributed by atoms with Crippen molar-refractivity contribution < 1.29 is 9.18 Å². The second kappa shape index (κ2) is 4.02. The number of amides is 1. The van der Waals surface area contributed by atoms with Crippen LogP contribution in [0.1, 0.15) is 27.2 Å². The van der Waals surface area contributed by atoms with Gasteiger partial charge < -0.3 is 10.6 Å². The maximum absolute atomic E-state index is 13.6. The van der Waals surface area contributed by atoms with Crippen LogP contribution < -0.4 is 5.73 Å². The second-order valence-electron chi connectivity index (χ2n) is 5.43. The van der Waals surface area contributed by atoms with E-state index in [2.05, 4.69) is 0 Å². The number of nitriles is 1. The van der Waals surface area contributed by atoms with Crippen LogP contribution in [-0.4, -0.2) is 35.6 Å². The molecule has 5 heteroatoms. The van der Waals surface area contributed by atoms with Crippen LogP contribution in [0.25, 0.3) is 0 Å². The minimum absolute atomic E-state index is 0.0755. The van der Waals surface area contributed by atoms with Gasteiger partial charge in [-0.15, -0.1) is 0 Å².